The molecule has 0 amide bonds. The molecule has 1 aliphatic rings. The second kappa shape index (κ2) is 6.95. The second-order valence-corrected chi connectivity index (χ2v) is 6.29. The Hall–Kier alpha value is -1.84. The van der Waals surface area contributed by atoms with Crippen molar-refractivity contribution in [2.45, 2.75) is 26.1 Å². The van der Waals surface area contributed by atoms with Crippen molar-refractivity contribution in [3.05, 3.63) is 65.7 Å². The van der Waals surface area contributed by atoms with E-state index in [-0.39, 0.29) is 0 Å². The first kappa shape index (κ1) is 15.1. The van der Waals surface area contributed by atoms with Crippen LogP contribution in [0.5, 0.6) is 0 Å². The van der Waals surface area contributed by atoms with Crippen LogP contribution >= 0.6 is 0 Å². The average Bonchev–Trinajstić information content (AvgIpc) is 2.51. The Bertz CT molecular complexity index is 597. The van der Waals surface area contributed by atoms with Crippen LogP contribution in [0.25, 0.3) is 0 Å². The third kappa shape index (κ3) is 3.87. The normalized spacial score (nSPS) is 20.1. The van der Waals surface area contributed by atoms with Crippen LogP contribution in [0.4, 0.5) is 5.69 Å². The van der Waals surface area contributed by atoms with Crippen molar-refractivity contribution in [2.75, 3.05) is 25.4 Å². The van der Waals surface area contributed by atoms with E-state index in [9.17, 15) is 0 Å². The highest BCUT2D eigenvalue weighted by Gasteiger charge is 2.23. The van der Waals surface area contributed by atoms with Crippen molar-refractivity contribution >= 4 is 5.69 Å². The molecule has 1 unspecified atom stereocenters. The van der Waals surface area contributed by atoms with Gasteiger partial charge in [0, 0.05) is 44.5 Å². The molecule has 0 radical (unpaired) electrons. The highest BCUT2D eigenvalue weighted by molar-refractivity contribution is 5.40. The van der Waals surface area contributed by atoms with Gasteiger partial charge < -0.3 is 5.73 Å². The molecule has 0 saturated carbocycles. The quantitative estimate of drug-likeness (QED) is 0.880. The Labute approximate surface area is 133 Å². The maximum absolute atomic E-state index is 5.88. The summed E-state index contributed by atoms with van der Waals surface area (Å²) in [5.74, 6) is 0. The summed E-state index contributed by atoms with van der Waals surface area (Å²) in [7, 11) is 0. The van der Waals surface area contributed by atoms with Crippen molar-refractivity contribution in [3.63, 3.8) is 0 Å². The highest BCUT2D eigenvalue weighted by Crippen LogP contribution is 2.17. The minimum absolute atomic E-state index is 0.568. The molecule has 1 saturated heterocycles. The number of hydrogen-bond donors (Lipinski definition) is 1. The maximum Gasteiger partial charge on any atom is 0.0317 e. The molecule has 22 heavy (non-hydrogen) atoms. The number of hydrogen-bond acceptors (Lipinski definition) is 3. The molecule has 3 heteroatoms. The van der Waals surface area contributed by atoms with E-state index in [2.05, 4.69) is 59.2 Å². The van der Waals surface area contributed by atoms with Crippen LogP contribution in [0.15, 0.2) is 54.6 Å². The lowest BCUT2D eigenvalue weighted by atomic mass is 10.1. The Morgan fingerprint density at radius 2 is 1.73 bits per heavy atom. The fourth-order valence-corrected chi connectivity index (χ4v) is 3.22. The van der Waals surface area contributed by atoms with E-state index in [0.717, 1.165) is 38.4 Å². The molecule has 0 spiro atoms. The number of piperazine rings is 1. The van der Waals surface area contributed by atoms with Gasteiger partial charge in [-0.2, -0.15) is 0 Å². The molecule has 0 aliphatic carbocycles. The third-order valence-electron chi connectivity index (χ3n) is 4.43. The van der Waals surface area contributed by atoms with Gasteiger partial charge in [-0.05, 0) is 30.2 Å². The van der Waals surface area contributed by atoms with E-state index in [1.807, 2.05) is 12.1 Å². The SMILES string of the molecule is CC1CN(Cc2ccccc2)CCN1Cc1cccc(N)c1. The molecular weight excluding hydrogens is 270 g/mol. The summed E-state index contributed by atoms with van der Waals surface area (Å²) in [6, 6.07) is 19.6. The minimum atomic E-state index is 0.568. The van der Waals surface area contributed by atoms with Crippen LogP contribution < -0.4 is 5.73 Å². The summed E-state index contributed by atoms with van der Waals surface area (Å²) in [5, 5.41) is 0. The fourth-order valence-electron chi connectivity index (χ4n) is 3.22. The number of nitrogens with two attached hydrogens (primary N) is 1. The van der Waals surface area contributed by atoms with Gasteiger partial charge >= 0.3 is 0 Å². The number of nitrogen functional groups attached to an aromatic ring is 1. The third-order valence-corrected chi connectivity index (χ3v) is 4.43. The maximum atomic E-state index is 5.88. The topological polar surface area (TPSA) is 32.5 Å². The van der Waals surface area contributed by atoms with Crippen molar-refractivity contribution in [3.8, 4) is 0 Å². The van der Waals surface area contributed by atoms with Crippen LogP contribution in [-0.2, 0) is 13.1 Å². The first-order valence-corrected chi connectivity index (χ1v) is 8.05. The summed E-state index contributed by atoms with van der Waals surface area (Å²) in [6.07, 6.45) is 0. The molecule has 0 bridgehead atoms. The molecule has 1 atom stereocenters. The van der Waals surface area contributed by atoms with Crippen molar-refractivity contribution in [1.29, 1.82) is 0 Å². The van der Waals surface area contributed by atoms with E-state index in [1.54, 1.807) is 0 Å². The lowest BCUT2D eigenvalue weighted by molar-refractivity contribution is 0.0733. The number of benzene rings is 2. The van der Waals surface area contributed by atoms with Gasteiger partial charge in [-0.1, -0.05) is 42.5 Å². The monoisotopic (exact) mass is 295 g/mol. The first-order valence-electron chi connectivity index (χ1n) is 8.05. The van der Waals surface area contributed by atoms with Gasteiger partial charge in [-0.15, -0.1) is 0 Å². The molecule has 2 N–H and O–H groups in total. The van der Waals surface area contributed by atoms with E-state index in [0.29, 0.717) is 6.04 Å². The van der Waals surface area contributed by atoms with Crippen LogP contribution in [0.2, 0.25) is 0 Å². The summed E-state index contributed by atoms with van der Waals surface area (Å²) in [4.78, 5) is 5.10. The summed E-state index contributed by atoms with van der Waals surface area (Å²) < 4.78 is 0. The summed E-state index contributed by atoms with van der Waals surface area (Å²) in [6.45, 7) is 7.73. The van der Waals surface area contributed by atoms with Crippen LogP contribution in [0.1, 0.15) is 18.1 Å². The van der Waals surface area contributed by atoms with E-state index >= 15 is 0 Å². The number of rotatable bonds is 4. The second-order valence-electron chi connectivity index (χ2n) is 6.29. The Morgan fingerprint density at radius 1 is 0.955 bits per heavy atom. The van der Waals surface area contributed by atoms with Crippen LogP contribution in [0.3, 0.4) is 0 Å². The molecule has 1 aliphatic heterocycles. The largest absolute Gasteiger partial charge is 0.399 e. The Morgan fingerprint density at radius 3 is 2.45 bits per heavy atom. The van der Waals surface area contributed by atoms with Gasteiger partial charge in [0.15, 0.2) is 0 Å². The zero-order valence-electron chi connectivity index (χ0n) is 13.3. The Balaban J connectivity index is 1.56. The average molecular weight is 295 g/mol. The standard InChI is InChI=1S/C19H25N3/c1-16-13-21(14-17-6-3-2-4-7-17)10-11-22(16)15-18-8-5-9-19(20)12-18/h2-9,12,16H,10-11,13-15,20H2,1H3. The van der Waals surface area contributed by atoms with Gasteiger partial charge in [0.1, 0.15) is 0 Å². The molecule has 116 valence electrons. The molecule has 1 fully saturated rings. The van der Waals surface area contributed by atoms with Crippen LogP contribution in [-0.4, -0.2) is 35.5 Å². The van der Waals surface area contributed by atoms with Gasteiger partial charge in [0.2, 0.25) is 0 Å². The van der Waals surface area contributed by atoms with Crippen molar-refractivity contribution < 1.29 is 0 Å². The van der Waals surface area contributed by atoms with Gasteiger partial charge in [0.25, 0.3) is 0 Å². The summed E-state index contributed by atoms with van der Waals surface area (Å²) >= 11 is 0. The van der Waals surface area contributed by atoms with Gasteiger partial charge in [-0.25, -0.2) is 0 Å². The fraction of sp³-hybridized carbons (Fsp3) is 0.368. The van der Waals surface area contributed by atoms with Gasteiger partial charge in [-0.3, -0.25) is 9.80 Å². The van der Waals surface area contributed by atoms with Gasteiger partial charge in [0.05, 0.1) is 0 Å². The zero-order chi connectivity index (χ0) is 15.4. The lowest BCUT2D eigenvalue weighted by Gasteiger charge is -2.40. The predicted octanol–water partition coefficient (Wildman–Crippen LogP) is 2.98. The molecule has 3 nitrogen and oxygen atoms in total. The zero-order valence-corrected chi connectivity index (χ0v) is 13.3. The Kier molecular flexibility index (Phi) is 4.76. The van der Waals surface area contributed by atoms with Crippen molar-refractivity contribution in [2.24, 2.45) is 0 Å². The van der Waals surface area contributed by atoms with Crippen LogP contribution in [0, 0.1) is 0 Å². The molecule has 0 aromatic heterocycles. The number of nitrogens with zero attached hydrogens (tertiary/aromatic N) is 2. The highest BCUT2D eigenvalue weighted by atomic mass is 15.3. The molecule has 2 aromatic carbocycles. The van der Waals surface area contributed by atoms with E-state index in [4.69, 9.17) is 5.73 Å². The minimum Gasteiger partial charge on any atom is -0.399 e. The first-order chi connectivity index (χ1) is 10.7. The molecular formula is C19H25N3. The lowest BCUT2D eigenvalue weighted by Crippen LogP contribution is -2.50. The smallest absolute Gasteiger partial charge is 0.0317 e. The molecule has 2 aromatic rings. The van der Waals surface area contributed by atoms with Crippen molar-refractivity contribution in [1.82, 2.24) is 9.80 Å². The van der Waals surface area contributed by atoms with E-state index < -0.39 is 0 Å². The van der Waals surface area contributed by atoms with E-state index in [1.165, 1.54) is 11.1 Å². The molecule has 3 rings (SSSR count). The number of anilines is 1. The molecule has 1 heterocycles. The summed E-state index contributed by atoms with van der Waals surface area (Å²) in [5.41, 5.74) is 9.44. The predicted molar refractivity (Wildman–Crippen MR) is 92.4 cm³/mol.